The summed E-state index contributed by atoms with van der Waals surface area (Å²) in [6.07, 6.45) is -4.09. The molecule has 4 nitrogen and oxygen atoms in total. The molecule has 1 amide bonds. The zero-order valence-electron chi connectivity index (χ0n) is 15.2. The third kappa shape index (κ3) is 4.26. The van der Waals surface area contributed by atoms with E-state index in [2.05, 4.69) is 5.32 Å². The fourth-order valence-corrected chi connectivity index (χ4v) is 3.12. The van der Waals surface area contributed by atoms with Gasteiger partial charge in [0, 0.05) is 0 Å². The van der Waals surface area contributed by atoms with Crippen LogP contribution in [0.15, 0.2) is 18.2 Å². The smallest absolute Gasteiger partial charge is 0.416 e. The molecule has 140 valence electrons. The van der Waals surface area contributed by atoms with Crippen molar-refractivity contribution in [3.05, 3.63) is 29.3 Å². The Bertz CT molecular complexity index is 638. The summed E-state index contributed by atoms with van der Waals surface area (Å²) in [6, 6.07) is 3.54. The molecule has 1 heterocycles. The Labute approximate surface area is 146 Å². The number of carbonyl (C=O) groups excluding carboxylic acids is 1. The summed E-state index contributed by atoms with van der Waals surface area (Å²) in [7, 11) is 1.73. The van der Waals surface area contributed by atoms with E-state index < -0.39 is 23.4 Å². The highest BCUT2D eigenvalue weighted by Gasteiger charge is 2.39. The van der Waals surface area contributed by atoms with E-state index in [1.807, 2.05) is 6.92 Å². The van der Waals surface area contributed by atoms with Crippen molar-refractivity contribution in [3.63, 3.8) is 0 Å². The van der Waals surface area contributed by atoms with Crippen LogP contribution in [-0.4, -0.2) is 24.9 Å². The van der Waals surface area contributed by atoms with Crippen LogP contribution in [0.3, 0.4) is 0 Å². The van der Waals surface area contributed by atoms with Crippen LogP contribution in [0.4, 0.5) is 23.7 Å². The van der Waals surface area contributed by atoms with E-state index in [1.165, 1.54) is 11.0 Å². The standard InChI is InChI=1S/C18H25F3N2O2/c1-6-11-9-15(22-5)23(16(24)25-17(2,3)4)14-8-7-12(10-13(11)14)18(19,20)21/h7-8,10-11,15,22H,6,9H2,1-5H3/t11-,15+/m0/s1. The molecular formula is C18H25F3N2O2. The summed E-state index contributed by atoms with van der Waals surface area (Å²) in [5, 5.41) is 3.07. The van der Waals surface area contributed by atoms with Gasteiger partial charge in [0.15, 0.2) is 0 Å². The third-order valence-corrected chi connectivity index (χ3v) is 4.29. The van der Waals surface area contributed by atoms with Crippen molar-refractivity contribution in [2.45, 2.75) is 64.4 Å². The van der Waals surface area contributed by atoms with Crippen molar-refractivity contribution < 1.29 is 22.7 Å². The lowest BCUT2D eigenvalue weighted by atomic mass is 9.85. The molecule has 0 radical (unpaired) electrons. The second kappa shape index (κ2) is 6.86. The fourth-order valence-electron chi connectivity index (χ4n) is 3.12. The van der Waals surface area contributed by atoms with E-state index in [1.54, 1.807) is 27.8 Å². The summed E-state index contributed by atoms with van der Waals surface area (Å²) in [5.41, 5.74) is -0.380. The normalized spacial score (nSPS) is 21.0. The number of amides is 1. The Morgan fingerprint density at radius 1 is 1.32 bits per heavy atom. The van der Waals surface area contributed by atoms with Crippen molar-refractivity contribution >= 4 is 11.8 Å². The number of anilines is 1. The molecule has 0 unspecified atom stereocenters. The monoisotopic (exact) mass is 358 g/mol. The van der Waals surface area contributed by atoms with Crippen molar-refractivity contribution in [2.75, 3.05) is 11.9 Å². The second-order valence-corrected chi connectivity index (χ2v) is 7.27. The van der Waals surface area contributed by atoms with Crippen LogP contribution in [0.1, 0.15) is 57.6 Å². The largest absolute Gasteiger partial charge is 0.443 e. The Morgan fingerprint density at radius 2 is 1.96 bits per heavy atom. The van der Waals surface area contributed by atoms with Crippen LogP contribution in [-0.2, 0) is 10.9 Å². The number of hydrogen-bond acceptors (Lipinski definition) is 3. The Kier molecular flexibility index (Phi) is 5.37. The number of fused-ring (bicyclic) bond motifs is 1. The number of benzene rings is 1. The predicted molar refractivity (Wildman–Crippen MR) is 90.7 cm³/mol. The van der Waals surface area contributed by atoms with Gasteiger partial charge in [-0.15, -0.1) is 0 Å². The molecule has 1 aromatic carbocycles. The second-order valence-electron chi connectivity index (χ2n) is 7.27. The third-order valence-electron chi connectivity index (χ3n) is 4.29. The van der Waals surface area contributed by atoms with Gasteiger partial charge in [-0.05, 0) is 70.3 Å². The number of halogens is 3. The van der Waals surface area contributed by atoms with E-state index in [0.717, 1.165) is 12.1 Å². The number of rotatable bonds is 2. The van der Waals surface area contributed by atoms with E-state index in [0.29, 0.717) is 24.1 Å². The van der Waals surface area contributed by atoms with Crippen LogP contribution in [0, 0.1) is 0 Å². The minimum Gasteiger partial charge on any atom is -0.443 e. The van der Waals surface area contributed by atoms with E-state index >= 15 is 0 Å². The highest BCUT2D eigenvalue weighted by atomic mass is 19.4. The molecule has 2 atom stereocenters. The lowest BCUT2D eigenvalue weighted by Crippen LogP contribution is -2.52. The van der Waals surface area contributed by atoms with Crippen LogP contribution in [0.5, 0.6) is 0 Å². The average molecular weight is 358 g/mol. The molecule has 0 aliphatic carbocycles. The lowest BCUT2D eigenvalue weighted by Gasteiger charge is -2.41. The molecule has 7 heteroatoms. The van der Waals surface area contributed by atoms with Gasteiger partial charge < -0.3 is 4.74 Å². The lowest BCUT2D eigenvalue weighted by molar-refractivity contribution is -0.137. The van der Waals surface area contributed by atoms with Crippen molar-refractivity contribution in [1.82, 2.24) is 5.32 Å². The first-order valence-corrected chi connectivity index (χ1v) is 8.38. The number of carbonyl (C=O) groups is 1. The van der Waals surface area contributed by atoms with Crippen LogP contribution in [0.2, 0.25) is 0 Å². The molecule has 0 bridgehead atoms. The van der Waals surface area contributed by atoms with E-state index in [9.17, 15) is 18.0 Å². The van der Waals surface area contributed by atoms with Gasteiger partial charge in [0.25, 0.3) is 0 Å². The van der Waals surface area contributed by atoms with Crippen LogP contribution >= 0.6 is 0 Å². The molecule has 1 aliphatic rings. The fraction of sp³-hybridized carbons (Fsp3) is 0.611. The van der Waals surface area contributed by atoms with Gasteiger partial charge in [-0.25, -0.2) is 4.79 Å². The molecule has 0 spiro atoms. The van der Waals surface area contributed by atoms with Crippen molar-refractivity contribution in [2.24, 2.45) is 0 Å². The summed E-state index contributed by atoms with van der Waals surface area (Å²) in [6.45, 7) is 7.20. The van der Waals surface area contributed by atoms with Gasteiger partial charge in [-0.2, -0.15) is 13.2 Å². The quantitative estimate of drug-likeness (QED) is 0.818. The first-order valence-electron chi connectivity index (χ1n) is 8.38. The minimum atomic E-state index is -4.41. The van der Waals surface area contributed by atoms with Crippen LogP contribution in [0.25, 0.3) is 0 Å². The van der Waals surface area contributed by atoms with Gasteiger partial charge in [0.05, 0.1) is 17.4 Å². The number of ether oxygens (including phenoxy) is 1. The molecule has 0 saturated heterocycles. The summed E-state index contributed by atoms with van der Waals surface area (Å²) in [4.78, 5) is 14.1. The molecule has 2 rings (SSSR count). The molecule has 0 aromatic heterocycles. The number of hydrogen-bond donors (Lipinski definition) is 1. The summed E-state index contributed by atoms with van der Waals surface area (Å²) in [5.74, 6) is -0.0616. The highest BCUT2D eigenvalue weighted by Crippen LogP contribution is 2.43. The molecule has 0 saturated carbocycles. The SMILES string of the molecule is CC[C@H]1C[C@H](NC)N(C(=O)OC(C)(C)C)c2ccc(C(F)(F)F)cc21. The first-order chi connectivity index (χ1) is 11.5. The summed E-state index contributed by atoms with van der Waals surface area (Å²) < 4.78 is 44.7. The Hall–Kier alpha value is -1.76. The maximum Gasteiger partial charge on any atom is 0.416 e. The number of alkyl halides is 3. The van der Waals surface area contributed by atoms with Gasteiger partial charge in [0.1, 0.15) is 5.60 Å². The number of nitrogens with one attached hydrogen (secondary N) is 1. The Balaban J connectivity index is 2.52. The molecule has 1 aliphatic heterocycles. The minimum absolute atomic E-state index is 0.0616. The van der Waals surface area contributed by atoms with Gasteiger partial charge in [-0.1, -0.05) is 6.92 Å². The molecular weight excluding hydrogens is 333 g/mol. The molecule has 0 fully saturated rings. The predicted octanol–water partition coefficient (Wildman–Crippen LogP) is 4.89. The maximum absolute atomic E-state index is 13.1. The van der Waals surface area contributed by atoms with Gasteiger partial charge >= 0.3 is 12.3 Å². The zero-order valence-corrected chi connectivity index (χ0v) is 15.2. The molecule has 1 N–H and O–H groups in total. The number of nitrogens with zero attached hydrogens (tertiary/aromatic N) is 1. The van der Waals surface area contributed by atoms with E-state index in [-0.39, 0.29) is 12.1 Å². The highest BCUT2D eigenvalue weighted by molar-refractivity contribution is 5.90. The molecule has 25 heavy (non-hydrogen) atoms. The van der Waals surface area contributed by atoms with Crippen molar-refractivity contribution in [1.29, 1.82) is 0 Å². The maximum atomic E-state index is 13.1. The average Bonchev–Trinajstić information content (AvgIpc) is 2.49. The molecule has 1 aromatic rings. The zero-order chi connectivity index (χ0) is 19.0. The van der Waals surface area contributed by atoms with Crippen LogP contribution < -0.4 is 10.2 Å². The summed E-state index contributed by atoms with van der Waals surface area (Å²) >= 11 is 0. The van der Waals surface area contributed by atoms with Crippen molar-refractivity contribution in [3.8, 4) is 0 Å². The Morgan fingerprint density at radius 3 is 2.44 bits per heavy atom. The van der Waals surface area contributed by atoms with E-state index in [4.69, 9.17) is 4.74 Å². The van der Waals surface area contributed by atoms with Gasteiger partial charge in [-0.3, -0.25) is 10.2 Å². The first kappa shape index (κ1) is 19.6. The van der Waals surface area contributed by atoms with Gasteiger partial charge in [0.2, 0.25) is 0 Å². The topological polar surface area (TPSA) is 41.6 Å².